The second-order valence-corrected chi connectivity index (χ2v) is 5.17. The lowest BCUT2D eigenvalue weighted by atomic mass is 10.1. The maximum atomic E-state index is 13.2. The van der Waals surface area contributed by atoms with E-state index in [1.165, 1.54) is 6.07 Å². The molecule has 1 aromatic heterocycles. The predicted molar refractivity (Wildman–Crippen MR) is 93.7 cm³/mol. The highest BCUT2D eigenvalue weighted by atomic mass is 19.1. The lowest BCUT2D eigenvalue weighted by Gasteiger charge is -2.11. The lowest BCUT2D eigenvalue weighted by Crippen LogP contribution is -2.38. The summed E-state index contributed by atoms with van der Waals surface area (Å²) in [5.74, 6) is 1.07. The van der Waals surface area contributed by atoms with E-state index in [1.54, 1.807) is 25.3 Å². The van der Waals surface area contributed by atoms with Crippen molar-refractivity contribution in [3.8, 4) is 5.88 Å². The van der Waals surface area contributed by atoms with E-state index in [1.807, 2.05) is 25.1 Å². The van der Waals surface area contributed by atoms with Gasteiger partial charge in [-0.15, -0.1) is 0 Å². The summed E-state index contributed by atoms with van der Waals surface area (Å²) in [5, 5.41) is 6.43. The molecule has 24 heavy (non-hydrogen) atoms. The molecule has 0 spiro atoms. The molecular formula is C18H23FN4O. The maximum Gasteiger partial charge on any atom is 0.213 e. The van der Waals surface area contributed by atoms with Gasteiger partial charge < -0.3 is 15.4 Å². The van der Waals surface area contributed by atoms with E-state index in [2.05, 4.69) is 20.6 Å². The standard InChI is InChI=1S/C18H23FN4O/c1-3-20-18(21-11-10-14-6-4-7-15(19)12-14)22-13-16-8-5-9-17(23-16)24-2/h4-9,12H,3,10-11,13H2,1-2H3,(H2,20,21,22). The largest absolute Gasteiger partial charge is 0.481 e. The third-order valence-electron chi connectivity index (χ3n) is 3.33. The summed E-state index contributed by atoms with van der Waals surface area (Å²) in [6.45, 7) is 3.89. The van der Waals surface area contributed by atoms with Crippen molar-refractivity contribution in [2.45, 2.75) is 19.9 Å². The lowest BCUT2D eigenvalue weighted by molar-refractivity contribution is 0.396. The Labute approximate surface area is 142 Å². The van der Waals surface area contributed by atoms with E-state index in [-0.39, 0.29) is 5.82 Å². The van der Waals surface area contributed by atoms with Gasteiger partial charge >= 0.3 is 0 Å². The number of rotatable bonds is 7. The highest BCUT2D eigenvalue weighted by molar-refractivity contribution is 5.79. The van der Waals surface area contributed by atoms with Crippen LogP contribution in [0.3, 0.4) is 0 Å². The Kier molecular flexibility index (Phi) is 7.01. The first kappa shape index (κ1) is 17.7. The number of halogens is 1. The van der Waals surface area contributed by atoms with Crippen LogP contribution < -0.4 is 15.4 Å². The zero-order valence-corrected chi connectivity index (χ0v) is 14.1. The Bertz CT molecular complexity index is 676. The molecule has 0 amide bonds. The van der Waals surface area contributed by atoms with Gasteiger partial charge in [0, 0.05) is 19.2 Å². The molecule has 2 aromatic rings. The molecule has 0 aliphatic rings. The van der Waals surface area contributed by atoms with Crippen LogP contribution in [0.15, 0.2) is 47.5 Å². The van der Waals surface area contributed by atoms with Crippen molar-refractivity contribution in [3.05, 3.63) is 59.5 Å². The molecule has 0 radical (unpaired) electrons. The van der Waals surface area contributed by atoms with Gasteiger partial charge in [0.1, 0.15) is 5.82 Å². The van der Waals surface area contributed by atoms with E-state index in [4.69, 9.17) is 4.74 Å². The van der Waals surface area contributed by atoms with Gasteiger partial charge in [-0.05, 0) is 37.1 Å². The summed E-state index contributed by atoms with van der Waals surface area (Å²) in [6.07, 6.45) is 0.722. The number of pyridine rings is 1. The van der Waals surface area contributed by atoms with Crippen LogP contribution >= 0.6 is 0 Å². The van der Waals surface area contributed by atoms with E-state index < -0.39 is 0 Å². The summed E-state index contributed by atoms with van der Waals surface area (Å²) in [7, 11) is 1.59. The number of hydrogen-bond acceptors (Lipinski definition) is 3. The Hall–Kier alpha value is -2.63. The van der Waals surface area contributed by atoms with Crippen LogP contribution in [-0.2, 0) is 13.0 Å². The van der Waals surface area contributed by atoms with Crippen molar-refractivity contribution in [2.75, 3.05) is 20.2 Å². The fraction of sp³-hybridized carbons (Fsp3) is 0.333. The summed E-state index contributed by atoms with van der Waals surface area (Å²) < 4.78 is 18.3. The van der Waals surface area contributed by atoms with Crippen molar-refractivity contribution in [1.82, 2.24) is 15.6 Å². The molecule has 5 nitrogen and oxygen atoms in total. The molecule has 0 atom stereocenters. The Morgan fingerprint density at radius 1 is 1.21 bits per heavy atom. The fourth-order valence-corrected chi connectivity index (χ4v) is 2.18. The van der Waals surface area contributed by atoms with Gasteiger partial charge in [0.2, 0.25) is 5.88 Å². The smallest absolute Gasteiger partial charge is 0.213 e. The molecule has 0 aliphatic carbocycles. The van der Waals surface area contributed by atoms with Crippen molar-refractivity contribution in [3.63, 3.8) is 0 Å². The molecule has 0 saturated heterocycles. The monoisotopic (exact) mass is 330 g/mol. The van der Waals surface area contributed by atoms with E-state index in [0.717, 1.165) is 24.2 Å². The van der Waals surface area contributed by atoms with Gasteiger partial charge in [-0.25, -0.2) is 14.4 Å². The summed E-state index contributed by atoms with van der Waals surface area (Å²) >= 11 is 0. The molecule has 2 N–H and O–H groups in total. The quantitative estimate of drug-likeness (QED) is 0.605. The average molecular weight is 330 g/mol. The van der Waals surface area contributed by atoms with E-state index in [0.29, 0.717) is 24.9 Å². The first-order valence-electron chi connectivity index (χ1n) is 7.98. The van der Waals surface area contributed by atoms with Crippen LogP contribution in [0, 0.1) is 5.82 Å². The third kappa shape index (κ3) is 5.87. The van der Waals surface area contributed by atoms with E-state index >= 15 is 0 Å². The van der Waals surface area contributed by atoms with Gasteiger partial charge in [0.15, 0.2) is 5.96 Å². The van der Waals surface area contributed by atoms with E-state index in [9.17, 15) is 4.39 Å². The minimum atomic E-state index is -0.211. The maximum absolute atomic E-state index is 13.2. The highest BCUT2D eigenvalue weighted by Crippen LogP contribution is 2.07. The van der Waals surface area contributed by atoms with Crippen molar-refractivity contribution in [2.24, 2.45) is 4.99 Å². The minimum absolute atomic E-state index is 0.211. The number of nitrogens with one attached hydrogen (secondary N) is 2. The van der Waals surface area contributed by atoms with Crippen molar-refractivity contribution >= 4 is 5.96 Å². The number of hydrogen-bond donors (Lipinski definition) is 2. The van der Waals surface area contributed by atoms with Crippen LogP contribution in [-0.4, -0.2) is 31.1 Å². The zero-order chi connectivity index (χ0) is 17.2. The van der Waals surface area contributed by atoms with Gasteiger partial charge in [-0.1, -0.05) is 18.2 Å². The first-order chi connectivity index (χ1) is 11.7. The Morgan fingerprint density at radius 3 is 2.79 bits per heavy atom. The number of ether oxygens (including phenoxy) is 1. The fourth-order valence-electron chi connectivity index (χ4n) is 2.18. The van der Waals surface area contributed by atoms with Crippen molar-refractivity contribution in [1.29, 1.82) is 0 Å². The predicted octanol–water partition coefficient (Wildman–Crippen LogP) is 2.53. The Morgan fingerprint density at radius 2 is 2.04 bits per heavy atom. The molecule has 1 heterocycles. The second kappa shape index (κ2) is 9.50. The molecule has 128 valence electrons. The third-order valence-corrected chi connectivity index (χ3v) is 3.33. The van der Waals surface area contributed by atoms with Crippen LogP contribution in [0.1, 0.15) is 18.2 Å². The number of nitrogens with zero attached hydrogens (tertiary/aromatic N) is 2. The molecule has 0 unspecified atom stereocenters. The molecule has 6 heteroatoms. The number of aromatic nitrogens is 1. The van der Waals surface area contributed by atoms with Gasteiger partial charge in [0.25, 0.3) is 0 Å². The van der Waals surface area contributed by atoms with Crippen LogP contribution in [0.5, 0.6) is 5.88 Å². The van der Waals surface area contributed by atoms with Gasteiger partial charge in [-0.3, -0.25) is 0 Å². The molecule has 0 bridgehead atoms. The topological polar surface area (TPSA) is 58.5 Å². The first-order valence-corrected chi connectivity index (χ1v) is 7.98. The Balaban J connectivity index is 1.90. The molecule has 0 fully saturated rings. The molecular weight excluding hydrogens is 307 g/mol. The highest BCUT2D eigenvalue weighted by Gasteiger charge is 2.01. The van der Waals surface area contributed by atoms with Crippen LogP contribution in [0.4, 0.5) is 4.39 Å². The number of methoxy groups -OCH3 is 1. The molecule has 0 saturated carbocycles. The summed E-state index contributed by atoms with van der Waals surface area (Å²) in [6, 6.07) is 12.2. The number of guanidine groups is 1. The van der Waals surface area contributed by atoms with Crippen LogP contribution in [0.25, 0.3) is 0 Å². The normalized spacial score (nSPS) is 11.2. The molecule has 0 aliphatic heterocycles. The average Bonchev–Trinajstić information content (AvgIpc) is 2.60. The van der Waals surface area contributed by atoms with Crippen molar-refractivity contribution < 1.29 is 9.13 Å². The minimum Gasteiger partial charge on any atom is -0.481 e. The number of aliphatic imine (C=N–C) groups is 1. The zero-order valence-electron chi connectivity index (χ0n) is 14.1. The van der Waals surface area contributed by atoms with Crippen LogP contribution in [0.2, 0.25) is 0 Å². The van der Waals surface area contributed by atoms with Gasteiger partial charge in [-0.2, -0.15) is 0 Å². The molecule has 1 aromatic carbocycles. The second-order valence-electron chi connectivity index (χ2n) is 5.17. The summed E-state index contributed by atoms with van der Waals surface area (Å²) in [5.41, 5.74) is 1.78. The van der Waals surface area contributed by atoms with Gasteiger partial charge in [0.05, 0.1) is 19.3 Å². The number of benzene rings is 1. The SMILES string of the molecule is CCNC(=NCc1cccc(OC)n1)NCCc1cccc(F)c1. The molecule has 2 rings (SSSR count). The summed E-state index contributed by atoms with van der Waals surface area (Å²) in [4.78, 5) is 8.84.